The normalized spacial score (nSPS) is 23.4. The fourth-order valence-electron chi connectivity index (χ4n) is 3.67. The molecule has 7 heteroatoms. The highest BCUT2D eigenvalue weighted by Crippen LogP contribution is 2.25. The lowest BCUT2D eigenvalue weighted by molar-refractivity contribution is -0.142. The summed E-state index contributed by atoms with van der Waals surface area (Å²) in [4.78, 5) is 37.0. The highest BCUT2D eigenvalue weighted by atomic mass is 16.4. The zero-order valence-electron chi connectivity index (χ0n) is 14.7. The number of nitrogens with zero attached hydrogens (tertiary/aromatic N) is 1. The second-order valence-corrected chi connectivity index (χ2v) is 7.04. The van der Waals surface area contributed by atoms with E-state index in [-0.39, 0.29) is 23.9 Å². The van der Waals surface area contributed by atoms with Gasteiger partial charge < -0.3 is 20.6 Å². The molecule has 1 saturated carbocycles. The highest BCUT2D eigenvalue weighted by Gasteiger charge is 2.26. The van der Waals surface area contributed by atoms with Crippen LogP contribution in [0.5, 0.6) is 0 Å². The van der Waals surface area contributed by atoms with Crippen molar-refractivity contribution < 1.29 is 19.5 Å². The van der Waals surface area contributed by atoms with Gasteiger partial charge in [0, 0.05) is 30.4 Å². The number of hydrogen-bond acceptors (Lipinski definition) is 3. The van der Waals surface area contributed by atoms with Gasteiger partial charge in [-0.2, -0.15) is 0 Å². The Labute approximate surface area is 152 Å². The van der Waals surface area contributed by atoms with Gasteiger partial charge in [-0.15, -0.1) is 0 Å². The van der Waals surface area contributed by atoms with Crippen LogP contribution in [-0.4, -0.2) is 35.6 Å². The Morgan fingerprint density at radius 1 is 1.12 bits per heavy atom. The van der Waals surface area contributed by atoms with Gasteiger partial charge in [0.2, 0.25) is 5.91 Å². The number of nitrogens with one attached hydrogen (secondary N) is 2. The van der Waals surface area contributed by atoms with Crippen LogP contribution < -0.4 is 15.5 Å². The first kappa shape index (κ1) is 18.2. The predicted octanol–water partition coefficient (Wildman–Crippen LogP) is 2.97. The molecule has 0 atom stereocenters. The molecule has 1 heterocycles. The van der Waals surface area contributed by atoms with E-state index in [0.29, 0.717) is 44.3 Å². The van der Waals surface area contributed by atoms with E-state index in [2.05, 4.69) is 10.6 Å². The van der Waals surface area contributed by atoms with Crippen molar-refractivity contribution in [3.05, 3.63) is 24.3 Å². The maximum absolute atomic E-state index is 12.2. The summed E-state index contributed by atoms with van der Waals surface area (Å²) in [5.74, 6) is -0.931. The maximum atomic E-state index is 12.2. The molecule has 2 fully saturated rings. The zero-order chi connectivity index (χ0) is 18.5. The first-order valence-corrected chi connectivity index (χ1v) is 9.23. The molecule has 0 radical (unpaired) electrons. The van der Waals surface area contributed by atoms with Crippen molar-refractivity contribution in [3.8, 4) is 0 Å². The molecule has 1 aromatic rings. The fraction of sp³-hybridized carbons (Fsp3) is 0.526. The molecular weight excluding hydrogens is 334 g/mol. The molecule has 1 aromatic carbocycles. The Kier molecular flexibility index (Phi) is 5.75. The minimum atomic E-state index is -0.753. The van der Waals surface area contributed by atoms with Crippen LogP contribution >= 0.6 is 0 Å². The number of urea groups is 1. The Morgan fingerprint density at radius 2 is 1.88 bits per heavy atom. The SMILES string of the molecule is O=C(Nc1cccc(N2CCCCC2=O)c1)NC1CCC(C(=O)O)CC1. The summed E-state index contributed by atoms with van der Waals surface area (Å²) < 4.78 is 0. The third-order valence-electron chi connectivity index (χ3n) is 5.15. The van der Waals surface area contributed by atoms with Crippen LogP contribution in [0.3, 0.4) is 0 Å². The van der Waals surface area contributed by atoms with Gasteiger partial charge in [-0.05, 0) is 56.7 Å². The summed E-state index contributed by atoms with van der Waals surface area (Å²) in [6.45, 7) is 0.710. The molecule has 3 N–H and O–H groups in total. The van der Waals surface area contributed by atoms with Crippen molar-refractivity contribution in [2.24, 2.45) is 5.92 Å². The average molecular weight is 359 g/mol. The number of anilines is 2. The lowest BCUT2D eigenvalue weighted by Crippen LogP contribution is -2.41. The van der Waals surface area contributed by atoms with E-state index >= 15 is 0 Å². The summed E-state index contributed by atoms with van der Waals surface area (Å²) in [7, 11) is 0. The molecular formula is C19H25N3O4. The topological polar surface area (TPSA) is 98.7 Å². The number of carbonyl (C=O) groups excluding carboxylic acids is 2. The summed E-state index contributed by atoms with van der Waals surface area (Å²) in [5.41, 5.74) is 1.44. The Morgan fingerprint density at radius 3 is 2.58 bits per heavy atom. The number of carboxylic acids is 1. The van der Waals surface area contributed by atoms with E-state index in [1.807, 2.05) is 18.2 Å². The van der Waals surface area contributed by atoms with E-state index in [1.165, 1.54) is 0 Å². The largest absolute Gasteiger partial charge is 0.481 e. The molecule has 0 spiro atoms. The van der Waals surface area contributed by atoms with Gasteiger partial charge in [0.25, 0.3) is 0 Å². The third kappa shape index (κ3) is 4.53. The smallest absolute Gasteiger partial charge is 0.319 e. The minimum Gasteiger partial charge on any atom is -0.481 e. The van der Waals surface area contributed by atoms with Gasteiger partial charge in [0.15, 0.2) is 0 Å². The molecule has 0 bridgehead atoms. The van der Waals surface area contributed by atoms with Crippen LogP contribution in [0.25, 0.3) is 0 Å². The lowest BCUT2D eigenvalue weighted by atomic mass is 9.86. The number of amides is 3. The number of aliphatic carboxylic acids is 1. The second-order valence-electron chi connectivity index (χ2n) is 7.04. The highest BCUT2D eigenvalue weighted by molar-refractivity contribution is 5.95. The first-order chi connectivity index (χ1) is 12.5. The average Bonchev–Trinajstić information content (AvgIpc) is 2.62. The van der Waals surface area contributed by atoms with Gasteiger partial charge in [-0.3, -0.25) is 9.59 Å². The molecule has 1 aliphatic carbocycles. The van der Waals surface area contributed by atoms with Gasteiger partial charge in [-0.25, -0.2) is 4.79 Å². The molecule has 26 heavy (non-hydrogen) atoms. The van der Waals surface area contributed by atoms with Crippen molar-refractivity contribution in [2.45, 2.75) is 51.0 Å². The second kappa shape index (κ2) is 8.21. The van der Waals surface area contributed by atoms with E-state index < -0.39 is 5.97 Å². The van der Waals surface area contributed by atoms with Crippen LogP contribution in [0.1, 0.15) is 44.9 Å². The molecule has 1 saturated heterocycles. The van der Waals surface area contributed by atoms with Crippen molar-refractivity contribution in [2.75, 3.05) is 16.8 Å². The quantitative estimate of drug-likeness (QED) is 0.769. The van der Waals surface area contributed by atoms with Crippen molar-refractivity contribution in [3.63, 3.8) is 0 Å². The predicted molar refractivity (Wildman–Crippen MR) is 98.2 cm³/mol. The number of benzene rings is 1. The number of piperidine rings is 1. The monoisotopic (exact) mass is 359 g/mol. The summed E-state index contributed by atoms with van der Waals surface area (Å²) in [5, 5.41) is 14.7. The summed E-state index contributed by atoms with van der Waals surface area (Å²) >= 11 is 0. The fourth-order valence-corrected chi connectivity index (χ4v) is 3.67. The van der Waals surface area contributed by atoms with E-state index in [1.54, 1.807) is 11.0 Å². The van der Waals surface area contributed by atoms with E-state index in [9.17, 15) is 14.4 Å². The third-order valence-corrected chi connectivity index (χ3v) is 5.15. The number of carbonyl (C=O) groups is 3. The van der Waals surface area contributed by atoms with Crippen LogP contribution in [-0.2, 0) is 9.59 Å². The van der Waals surface area contributed by atoms with Crippen LogP contribution in [0.2, 0.25) is 0 Å². The molecule has 3 amide bonds. The first-order valence-electron chi connectivity index (χ1n) is 9.23. The maximum Gasteiger partial charge on any atom is 0.319 e. The Bertz CT molecular complexity index is 683. The van der Waals surface area contributed by atoms with Crippen LogP contribution in [0, 0.1) is 5.92 Å². The Balaban J connectivity index is 1.54. The standard InChI is InChI=1S/C19H25N3O4/c23-17-6-1-2-11-22(17)16-5-3-4-15(12-16)21-19(26)20-14-9-7-13(8-10-14)18(24)25/h3-5,12-14H,1-2,6-11H2,(H,24,25)(H2,20,21,26). The van der Waals surface area contributed by atoms with Crippen LogP contribution in [0.4, 0.5) is 16.2 Å². The van der Waals surface area contributed by atoms with Gasteiger partial charge in [0.1, 0.15) is 0 Å². The molecule has 140 valence electrons. The molecule has 0 aromatic heterocycles. The van der Waals surface area contributed by atoms with Crippen LogP contribution in [0.15, 0.2) is 24.3 Å². The zero-order valence-corrected chi connectivity index (χ0v) is 14.7. The van der Waals surface area contributed by atoms with Gasteiger partial charge in [-0.1, -0.05) is 6.07 Å². The molecule has 3 rings (SSSR count). The Hall–Kier alpha value is -2.57. The van der Waals surface area contributed by atoms with E-state index in [4.69, 9.17) is 5.11 Å². The lowest BCUT2D eigenvalue weighted by Gasteiger charge is -2.28. The molecule has 2 aliphatic rings. The molecule has 7 nitrogen and oxygen atoms in total. The van der Waals surface area contributed by atoms with Crippen molar-refractivity contribution in [1.82, 2.24) is 5.32 Å². The molecule has 0 unspecified atom stereocenters. The number of carboxylic acid groups (broad SMARTS) is 1. The summed E-state index contributed by atoms with van der Waals surface area (Å²) in [6, 6.07) is 7.00. The number of hydrogen-bond donors (Lipinski definition) is 3. The minimum absolute atomic E-state index is 0.00236. The number of rotatable bonds is 4. The van der Waals surface area contributed by atoms with E-state index in [0.717, 1.165) is 18.5 Å². The summed E-state index contributed by atoms with van der Waals surface area (Å²) in [6.07, 6.45) is 5.01. The molecule has 1 aliphatic heterocycles. The van der Waals surface area contributed by atoms with Crippen molar-refractivity contribution >= 4 is 29.3 Å². The van der Waals surface area contributed by atoms with Gasteiger partial charge >= 0.3 is 12.0 Å². The van der Waals surface area contributed by atoms with Gasteiger partial charge in [0.05, 0.1) is 5.92 Å². The van der Waals surface area contributed by atoms with Crippen molar-refractivity contribution in [1.29, 1.82) is 0 Å².